The third kappa shape index (κ3) is 4.56. The highest BCUT2D eigenvalue weighted by Gasteiger charge is 2.32. The SMILES string of the molecule is CCN1C(=O)/C(=C\c2cc(I)c(OC)c(I)c2)SC1=Nc1cc(C)ccc1C. The maximum absolute atomic E-state index is 12.9. The van der Waals surface area contributed by atoms with Crippen LogP contribution in [0.3, 0.4) is 0 Å². The van der Waals surface area contributed by atoms with Crippen LogP contribution in [0.15, 0.2) is 40.2 Å². The first kappa shape index (κ1) is 21.6. The molecule has 1 saturated heterocycles. The number of rotatable bonds is 4. The van der Waals surface area contributed by atoms with Crippen molar-refractivity contribution in [3.63, 3.8) is 0 Å². The van der Waals surface area contributed by atoms with Gasteiger partial charge in [-0.3, -0.25) is 9.69 Å². The van der Waals surface area contributed by atoms with Gasteiger partial charge in [0, 0.05) is 6.54 Å². The minimum atomic E-state index is -0.00242. The molecule has 146 valence electrons. The van der Waals surface area contributed by atoms with Gasteiger partial charge in [0.2, 0.25) is 0 Å². The van der Waals surface area contributed by atoms with Crippen LogP contribution in [-0.2, 0) is 4.79 Å². The highest BCUT2D eigenvalue weighted by atomic mass is 127. The molecule has 0 saturated carbocycles. The fourth-order valence-corrected chi connectivity index (χ4v) is 6.13. The molecule has 1 fully saturated rings. The number of carbonyl (C=O) groups excluding carboxylic acids is 1. The van der Waals surface area contributed by atoms with Gasteiger partial charge < -0.3 is 4.74 Å². The molecule has 3 rings (SSSR count). The van der Waals surface area contributed by atoms with Crippen molar-refractivity contribution in [2.24, 2.45) is 4.99 Å². The predicted octanol–water partition coefficient (Wildman–Crippen LogP) is 6.15. The predicted molar refractivity (Wildman–Crippen MR) is 134 cm³/mol. The summed E-state index contributed by atoms with van der Waals surface area (Å²) in [5, 5.41) is 0.727. The number of ether oxygens (including phenoxy) is 1. The van der Waals surface area contributed by atoms with Crippen LogP contribution in [0.4, 0.5) is 5.69 Å². The molecule has 0 unspecified atom stereocenters. The van der Waals surface area contributed by atoms with Crippen molar-refractivity contribution >= 4 is 79.8 Å². The van der Waals surface area contributed by atoms with Crippen LogP contribution in [0.2, 0.25) is 0 Å². The summed E-state index contributed by atoms with van der Waals surface area (Å²) in [6.45, 7) is 6.64. The molecule has 1 aliphatic rings. The normalized spacial score (nSPS) is 17.1. The number of hydrogen-bond donors (Lipinski definition) is 0. The van der Waals surface area contributed by atoms with Crippen molar-refractivity contribution in [1.82, 2.24) is 4.90 Å². The fourth-order valence-electron chi connectivity index (χ4n) is 2.82. The Kier molecular flexibility index (Phi) is 7.08. The van der Waals surface area contributed by atoms with E-state index in [1.54, 1.807) is 12.0 Å². The number of aryl methyl sites for hydroxylation is 2. The minimum absolute atomic E-state index is 0.00242. The van der Waals surface area contributed by atoms with Gasteiger partial charge in [-0.05, 0) is 119 Å². The van der Waals surface area contributed by atoms with Gasteiger partial charge >= 0.3 is 0 Å². The van der Waals surface area contributed by atoms with Gasteiger partial charge in [0.15, 0.2) is 5.17 Å². The Hall–Kier alpha value is -1.07. The van der Waals surface area contributed by atoms with Gasteiger partial charge in [-0.25, -0.2) is 4.99 Å². The summed E-state index contributed by atoms with van der Waals surface area (Å²) in [5.74, 6) is 0.860. The van der Waals surface area contributed by atoms with Crippen molar-refractivity contribution in [3.8, 4) is 5.75 Å². The molecule has 0 N–H and O–H groups in total. The second kappa shape index (κ2) is 9.17. The minimum Gasteiger partial charge on any atom is -0.495 e. The van der Waals surface area contributed by atoms with Crippen molar-refractivity contribution in [2.75, 3.05) is 13.7 Å². The first-order valence-corrected chi connectivity index (χ1v) is 11.7. The second-order valence-corrected chi connectivity index (χ2v) is 9.70. The lowest BCUT2D eigenvalue weighted by molar-refractivity contribution is -0.122. The van der Waals surface area contributed by atoms with Crippen molar-refractivity contribution in [2.45, 2.75) is 20.8 Å². The zero-order valence-corrected chi connectivity index (χ0v) is 21.2. The Morgan fingerprint density at radius 1 is 1.18 bits per heavy atom. The molecule has 0 bridgehead atoms. The highest BCUT2D eigenvalue weighted by molar-refractivity contribution is 14.1. The van der Waals surface area contributed by atoms with E-state index in [0.717, 1.165) is 40.4 Å². The summed E-state index contributed by atoms with van der Waals surface area (Å²) in [4.78, 5) is 20.1. The van der Waals surface area contributed by atoms with Crippen LogP contribution in [0.25, 0.3) is 6.08 Å². The van der Waals surface area contributed by atoms with Gasteiger partial charge in [0.25, 0.3) is 5.91 Å². The molecule has 1 heterocycles. The van der Waals surface area contributed by atoms with Gasteiger partial charge in [0.05, 0.1) is 24.8 Å². The number of aliphatic imine (C=N–C) groups is 1. The number of thioether (sulfide) groups is 1. The van der Waals surface area contributed by atoms with Gasteiger partial charge in [0.1, 0.15) is 5.75 Å². The summed E-state index contributed by atoms with van der Waals surface area (Å²) in [5.41, 5.74) is 4.14. The Morgan fingerprint density at radius 2 is 1.86 bits per heavy atom. The van der Waals surface area contributed by atoms with Gasteiger partial charge in [-0.2, -0.15) is 0 Å². The van der Waals surface area contributed by atoms with Gasteiger partial charge in [-0.15, -0.1) is 0 Å². The van der Waals surface area contributed by atoms with E-state index in [1.807, 2.05) is 39.0 Å². The second-order valence-electron chi connectivity index (χ2n) is 6.36. The number of nitrogens with zero attached hydrogens (tertiary/aromatic N) is 2. The number of likely N-dealkylation sites (N-methyl/N-ethyl adjacent to an activating group) is 1. The van der Waals surface area contributed by atoms with Gasteiger partial charge in [-0.1, -0.05) is 12.1 Å². The molecule has 0 aromatic heterocycles. The first-order chi connectivity index (χ1) is 13.3. The lowest BCUT2D eigenvalue weighted by Crippen LogP contribution is -2.28. The van der Waals surface area contributed by atoms with E-state index in [-0.39, 0.29) is 5.91 Å². The van der Waals surface area contributed by atoms with Crippen molar-refractivity contribution < 1.29 is 9.53 Å². The Morgan fingerprint density at radius 3 is 2.46 bits per heavy atom. The van der Waals surface area contributed by atoms with Crippen LogP contribution in [0.1, 0.15) is 23.6 Å². The fraction of sp³-hybridized carbons (Fsp3) is 0.238. The summed E-state index contributed by atoms with van der Waals surface area (Å²) in [7, 11) is 1.67. The number of benzene rings is 2. The maximum Gasteiger partial charge on any atom is 0.266 e. The standard InChI is InChI=1S/C21H20I2N2O2S/c1-5-25-20(26)18(11-14-9-15(22)19(27-4)16(23)10-14)28-21(25)24-17-8-12(2)6-7-13(17)3/h6-11H,5H2,1-4H3/b18-11+,24-21?. The Bertz CT molecular complexity index is 979. The third-order valence-electron chi connectivity index (χ3n) is 4.31. The Labute approximate surface area is 197 Å². The molecule has 2 aromatic carbocycles. The van der Waals surface area contributed by atoms with E-state index < -0.39 is 0 Å². The van der Waals surface area contributed by atoms with E-state index in [2.05, 4.69) is 63.4 Å². The number of amidine groups is 1. The van der Waals surface area contributed by atoms with E-state index >= 15 is 0 Å². The number of hydrogen-bond acceptors (Lipinski definition) is 4. The molecule has 1 amide bonds. The molecular formula is C21H20I2N2O2S. The third-order valence-corrected chi connectivity index (χ3v) is 6.92. The summed E-state index contributed by atoms with van der Waals surface area (Å²) in [6, 6.07) is 10.2. The number of carbonyl (C=O) groups is 1. The largest absolute Gasteiger partial charge is 0.495 e. The van der Waals surface area contributed by atoms with E-state index in [0.29, 0.717) is 11.4 Å². The smallest absolute Gasteiger partial charge is 0.266 e. The zero-order valence-electron chi connectivity index (χ0n) is 16.0. The molecule has 7 heteroatoms. The van der Waals surface area contributed by atoms with Crippen LogP contribution in [-0.4, -0.2) is 29.6 Å². The number of methoxy groups -OCH3 is 1. The summed E-state index contributed by atoms with van der Waals surface area (Å²) >= 11 is 5.94. The van der Waals surface area contributed by atoms with Crippen LogP contribution >= 0.6 is 56.9 Å². The highest BCUT2D eigenvalue weighted by Crippen LogP contribution is 2.36. The molecular weight excluding hydrogens is 598 g/mol. The molecule has 4 nitrogen and oxygen atoms in total. The monoisotopic (exact) mass is 618 g/mol. The van der Waals surface area contributed by atoms with Crippen LogP contribution < -0.4 is 4.74 Å². The molecule has 0 atom stereocenters. The lowest BCUT2D eigenvalue weighted by Gasteiger charge is -2.12. The molecule has 2 aromatic rings. The van der Waals surface area contributed by atoms with Crippen molar-refractivity contribution in [3.05, 3.63) is 59.1 Å². The maximum atomic E-state index is 12.9. The molecule has 0 radical (unpaired) electrons. The average molecular weight is 618 g/mol. The molecule has 0 spiro atoms. The average Bonchev–Trinajstić information content (AvgIpc) is 2.92. The summed E-state index contributed by atoms with van der Waals surface area (Å²) in [6.07, 6.45) is 1.94. The quantitative estimate of drug-likeness (QED) is 0.306. The zero-order chi connectivity index (χ0) is 20.4. The van der Waals surface area contributed by atoms with Crippen LogP contribution in [0, 0.1) is 21.0 Å². The first-order valence-electron chi connectivity index (χ1n) is 8.74. The molecule has 28 heavy (non-hydrogen) atoms. The number of halogens is 2. The number of amides is 1. The van der Waals surface area contributed by atoms with E-state index in [4.69, 9.17) is 9.73 Å². The molecule has 0 aliphatic carbocycles. The van der Waals surface area contributed by atoms with E-state index in [9.17, 15) is 4.79 Å². The Balaban J connectivity index is 1.99. The topological polar surface area (TPSA) is 41.9 Å². The molecule has 1 aliphatic heterocycles. The van der Waals surface area contributed by atoms with Crippen molar-refractivity contribution in [1.29, 1.82) is 0 Å². The summed E-state index contributed by atoms with van der Waals surface area (Å²) < 4.78 is 7.46. The lowest BCUT2D eigenvalue weighted by atomic mass is 10.1. The van der Waals surface area contributed by atoms with E-state index in [1.165, 1.54) is 11.8 Å². The van der Waals surface area contributed by atoms with Crippen LogP contribution in [0.5, 0.6) is 5.75 Å².